The first-order chi connectivity index (χ1) is 37.5. The molecule has 3 rings (SSSR count). The summed E-state index contributed by atoms with van der Waals surface area (Å²) in [5, 5.41) is 59.8. The van der Waals surface area contributed by atoms with Crippen molar-refractivity contribution in [2.45, 2.75) is 147 Å². The summed E-state index contributed by atoms with van der Waals surface area (Å²) in [6, 6.07) is 10.2. The van der Waals surface area contributed by atoms with Crippen LogP contribution >= 0.6 is 0 Å². The normalized spacial score (nSPS) is 14.9. The molecular weight excluding hydrogens is 1020 g/mol. The fourth-order valence-electron chi connectivity index (χ4n) is 8.05. The van der Waals surface area contributed by atoms with Crippen LogP contribution in [0.5, 0.6) is 5.75 Å². The van der Waals surface area contributed by atoms with E-state index in [2.05, 4.69) is 42.5 Å². The van der Waals surface area contributed by atoms with E-state index < -0.39 is 145 Å². The van der Waals surface area contributed by atoms with Gasteiger partial charge >= 0.3 is 11.9 Å². The lowest BCUT2D eigenvalue weighted by Crippen LogP contribution is -2.62. The minimum Gasteiger partial charge on any atom is -0.508 e. The molecule has 24 heteroatoms. The van der Waals surface area contributed by atoms with E-state index in [1.165, 1.54) is 31.2 Å². The van der Waals surface area contributed by atoms with Crippen molar-refractivity contribution in [1.82, 2.24) is 42.5 Å². The molecule has 0 fully saturated rings. The van der Waals surface area contributed by atoms with E-state index in [0.29, 0.717) is 48.9 Å². The summed E-state index contributed by atoms with van der Waals surface area (Å²) in [6.07, 6.45) is 0.161. The molecule has 0 bridgehead atoms. The number of aromatic hydroxyl groups is 1. The van der Waals surface area contributed by atoms with E-state index in [-0.39, 0.29) is 25.0 Å². The highest BCUT2D eigenvalue weighted by Crippen LogP contribution is 2.16. The minimum atomic E-state index is -1.70. The molecule has 8 amide bonds. The van der Waals surface area contributed by atoms with Crippen LogP contribution in [0.15, 0.2) is 84.9 Å². The Kier molecular flexibility index (Phi) is 27.6. The number of aliphatic carboxylic acids is 2. The van der Waals surface area contributed by atoms with Gasteiger partial charge in [0.15, 0.2) is 0 Å². The molecular formula is C55H78N10O14. The van der Waals surface area contributed by atoms with Crippen LogP contribution in [0.1, 0.15) is 89.8 Å². The summed E-state index contributed by atoms with van der Waals surface area (Å²) >= 11 is 0. The van der Waals surface area contributed by atoms with Gasteiger partial charge in [0, 0.05) is 25.7 Å². The molecule has 3 aromatic carbocycles. The number of unbranched alkanes of at least 4 members (excludes halogenated alkanes) is 1. The first kappa shape index (κ1) is 65.3. The predicted molar refractivity (Wildman–Crippen MR) is 290 cm³/mol. The monoisotopic (exact) mass is 1100 g/mol. The molecule has 24 nitrogen and oxygen atoms in total. The number of carbonyl (C=O) groups is 10. The van der Waals surface area contributed by atoms with Crippen LogP contribution in [-0.4, -0.2) is 147 Å². The fourth-order valence-corrected chi connectivity index (χ4v) is 8.05. The number of carboxylic acid groups (broad SMARTS) is 2. The van der Waals surface area contributed by atoms with Crippen molar-refractivity contribution < 1.29 is 68.4 Å². The van der Waals surface area contributed by atoms with E-state index in [1.807, 2.05) is 0 Å². The number of nitrogens with two attached hydrogens (primary N) is 2. The third kappa shape index (κ3) is 22.5. The van der Waals surface area contributed by atoms with Gasteiger partial charge in [0.1, 0.15) is 54.1 Å². The molecule has 0 saturated heterocycles. The third-order valence-corrected chi connectivity index (χ3v) is 13.0. The van der Waals surface area contributed by atoms with Gasteiger partial charge in [-0.15, -0.1) is 0 Å². The Morgan fingerprint density at radius 2 is 0.924 bits per heavy atom. The van der Waals surface area contributed by atoms with Crippen molar-refractivity contribution >= 4 is 59.2 Å². The summed E-state index contributed by atoms with van der Waals surface area (Å²) in [4.78, 5) is 135. The number of carboxylic acids is 2. The van der Waals surface area contributed by atoms with Crippen LogP contribution in [0.4, 0.5) is 0 Å². The maximum atomic E-state index is 14.6. The van der Waals surface area contributed by atoms with Crippen molar-refractivity contribution in [3.63, 3.8) is 0 Å². The van der Waals surface area contributed by atoms with E-state index in [4.69, 9.17) is 11.5 Å². The van der Waals surface area contributed by atoms with Gasteiger partial charge in [-0.2, -0.15) is 0 Å². The first-order valence-corrected chi connectivity index (χ1v) is 26.3. The Morgan fingerprint density at radius 3 is 1.38 bits per heavy atom. The number of hydrogen-bond donors (Lipinski definition) is 14. The molecule has 0 aromatic heterocycles. The average molecular weight is 1100 g/mol. The van der Waals surface area contributed by atoms with E-state index in [0.717, 1.165) is 0 Å². The largest absolute Gasteiger partial charge is 0.508 e. The number of rotatable bonds is 34. The number of aliphatic hydroxyl groups is 1. The molecule has 79 heavy (non-hydrogen) atoms. The molecule has 0 unspecified atom stereocenters. The van der Waals surface area contributed by atoms with Gasteiger partial charge in [-0.25, -0.2) is 4.79 Å². The van der Waals surface area contributed by atoms with Gasteiger partial charge in [0.25, 0.3) is 0 Å². The van der Waals surface area contributed by atoms with Gasteiger partial charge in [-0.3, -0.25) is 43.2 Å². The highest BCUT2D eigenvalue weighted by atomic mass is 16.4. The van der Waals surface area contributed by atoms with Crippen LogP contribution in [0.3, 0.4) is 0 Å². The molecule has 3 aromatic rings. The number of hydrogen-bond acceptors (Lipinski definition) is 14. The van der Waals surface area contributed by atoms with Crippen LogP contribution in [0, 0.1) is 11.8 Å². The van der Waals surface area contributed by atoms with Crippen molar-refractivity contribution in [1.29, 1.82) is 0 Å². The van der Waals surface area contributed by atoms with Gasteiger partial charge in [0.05, 0.1) is 12.6 Å². The third-order valence-electron chi connectivity index (χ3n) is 13.0. The summed E-state index contributed by atoms with van der Waals surface area (Å²) < 4.78 is 0. The highest BCUT2D eigenvalue weighted by Gasteiger charge is 2.37. The second-order valence-electron chi connectivity index (χ2n) is 19.7. The SMILES string of the molecule is CC[C@H](C)[C@H](NC(=O)[C@H](Cc1ccccc1)NC(=O)[C@H](CCC(=O)O)NC(=O)[C@H](CO)NC(=O)[C@H](C)NC(=O)[C@@H](N)CCCCN)C(=O)N[C@@H](Cc1ccccc1)C(=O)N[C@@H](Cc1ccc(O)cc1)C(=O)N[C@H](C(=O)O)C(C)C. The molecule has 0 heterocycles. The lowest BCUT2D eigenvalue weighted by molar-refractivity contribution is -0.143. The zero-order chi connectivity index (χ0) is 58.8. The van der Waals surface area contributed by atoms with E-state index >= 15 is 0 Å². The predicted octanol–water partition coefficient (Wildman–Crippen LogP) is -0.582. The van der Waals surface area contributed by atoms with Crippen molar-refractivity contribution in [2.24, 2.45) is 23.3 Å². The Labute approximate surface area is 459 Å². The molecule has 10 atom stereocenters. The van der Waals surface area contributed by atoms with Crippen molar-refractivity contribution in [3.8, 4) is 5.75 Å². The maximum absolute atomic E-state index is 14.6. The molecule has 0 spiro atoms. The van der Waals surface area contributed by atoms with Crippen molar-refractivity contribution in [2.75, 3.05) is 13.2 Å². The summed E-state index contributed by atoms with van der Waals surface area (Å²) in [7, 11) is 0. The molecule has 0 aliphatic rings. The number of nitrogens with one attached hydrogen (secondary N) is 8. The molecule has 0 saturated carbocycles. The lowest BCUT2D eigenvalue weighted by Gasteiger charge is -2.30. The molecule has 0 aliphatic carbocycles. The highest BCUT2D eigenvalue weighted by molar-refractivity contribution is 5.98. The number of aliphatic hydroxyl groups excluding tert-OH is 1. The molecule has 0 radical (unpaired) electrons. The fraction of sp³-hybridized carbons (Fsp3) is 0.491. The summed E-state index contributed by atoms with van der Waals surface area (Å²) in [5.74, 6) is -11.0. The topological polar surface area (TPSA) is 400 Å². The summed E-state index contributed by atoms with van der Waals surface area (Å²) in [6.45, 7) is 7.34. The van der Waals surface area contributed by atoms with Crippen LogP contribution in [-0.2, 0) is 67.2 Å². The second kappa shape index (κ2) is 33.4. The first-order valence-electron chi connectivity index (χ1n) is 26.3. The van der Waals surface area contributed by atoms with Gasteiger partial charge in [-0.1, -0.05) is 113 Å². The van der Waals surface area contributed by atoms with E-state index in [1.54, 1.807) is 88.4 Å². The Balaban J connectivity index is 1.94. The van der Waals surface area contributed by atoms with Crippen LogP contribution in [0.25, 0.3) is 0 Å². The van der Waals surface area contributed by atoms with Crippen molar-refractivity contribution in [3.05, 3.63) is 102 Å². The summed E-state index contributed by atoms with van der Waals surface area (Å²) in [5.41, 5.74) is 13.1. The van der Waals surface area contributed by atoms with Gasteiger partial charge in [-0.05, 0) is 73.4 Å². The smallest absolute Gasteiger partial charge is 0.326 e. The minimum absolute atomic E-state index is 0.0607. The average Bonchev–Trinajstić information content (AvgIpc) is 3.41. The molecule has 16 N–H and O–H groups in total. The number of phenols is 1. The number of benzene rings is 3. The van der Waals surface area contributed by atoms with E-state index in [9.17, 15) is 68.4 Å². The number of carbonyl (C=O) groups excluding carboxylic acids is 8. The second-order valence-corrected chi connectivity index (χ2v) is 19.7. The zero-order valence-electron chi connectivity index (χ0n) is 45.2. The van der Waals surface area contributed by atoms with Crippen LogP contribution in [0.2, 0.25) is 0 Å². The molecule has 0 aliphatic heterocycles. The zero-order valence-corrected chi connectivity index (χ0v) is 45.2. The lowest BCUT2D eigenvalue weighted by atomic mass is 9.96. The Hall–Kier alpha value is -7.96. The number of amides is 8. The Morgan fingerprint density at radius 1 is 0.494 bits per heavy atom. The quantitative estimate of drug-likeness (QED) is 0.0333. The molecule has 432 valence electrons. The van der Waals surface area contributed by atoms with Gasteiger partial charge < -0.3 is 74.4 Å². The standard InChI is InChI=1S/C55H78N10O14/c1-6-32(4)46(54(77)62-40(27-34-15-9-7-10-16-34)50(73)61-42(29-36-20-22-37(67)23-21-36)51(74)64-45(31(2)3)55(78)79)65-52(75)41(28-35-17-11-8-12-18-35)60-49(72)39(24-25-44(68)69)59-53(76)43(30-66)63-47(70)33(5)58-48(71)38(57)19-13-14-26-56/h7-12,15-18,20-23,31-33,38-43,45-46,66-67H,6,13-14,19,24-30,56-57H2,1-5H3,(H,58,71)(H,59,76)(H,60,72)(H,61,73)(H,62,77)(H,63,70)(H,64,74)(H,65,75)(H,68,69)(H,78,79)/t32-,33-,38-,39-,40-,41-,42-,43-,45-,46-/m0/s1. The van der Waals surface area contributed by atoms with Crippen LogP contribution < -0.4 is 54.0 Å². The maximum Gasteiger partial charge on any atom is 0.326 e. The number of phenolic OH excluding ortho intramolecular Hbond substituents is 1. The Bertz CT molecular complexity index is 2500. The van der Waals surface area contributed by atoms with Gasteiger partial charge in [0.2, 0.25) is 47.3 Å².